The predicted octanol–water partition coefficient (Wildman–Crippen LogP) is 5.82. The van der Waals surface area contributed by atoms with Gasteiger partial charge in [-0.15, -0.1) is 0 Å². The third-order valence-corrected chi connectivity index (χ3v) is 7.57. The average Bonchev–Trinajstić information content (AvgIpc) is 2.99. The largest absolute Gasteiger partial charge is 0.493 e. The average molecular weight is 535 g/mol. The Bertz CT molecular complexity index is 1770. The van der Waals surface area contributed by atoms with Crippen LogP contribution < -0.4 is 20.2 Å². The molecule has 40 heavy (non-hydrogen) atoms. The van der Waals surface area contributed by atoms with Crippen LogP contribution in [0.5, 0.6) is 11.5 Å². The molecular weight excluding hydrogens is 504 g/mol. The van der Waals surface area contributed by atoms with Crippen LogP contribution in [0, 0.1) is 0 Å². The molecule has 7 heteroatoms. The van der Waals surface area contributed by atoms with E-state index in [0.717, 1.165) is 54.7 Å². The summed E-state index contributed by atoms with van der Waals surface area (Å²) in [4.78, 5) is 28.1. The highest BCUT2D eigenvalue weighted by Gasteiger charge is 2.19. The Morgan fingerprint density at radius 1 is 0.900 bits per heavy atom. The first-order valence-corrected chi connectivity index (χ1v) is 13.3. The van der Waals surface area contributed by atoms with Gasteiger partial charge in [0, 0.05) is 36.8 Å². The molecule has 5 aromatic rings. The first-order valence-electron chi connectivity index (χ1n) is 13.3. The molecule has 1 N–H and O–H groups in total. The molecule has 1 aromatic heterocycles. The van der Waals surface area contributed by atoms with Crippen LogP contribution in [0.4, 0.5) is 5.69 Å². The minimum Gasteiger partial charge on any atom is -0.493 e. The molecule has 0 bridgehead atoms. The number of fused-ring (bicyclic) bond motifs is 4. The van der Waals surface area contributed by atoms with Crippen molar-refractivity contribution in [3.05, 3.63) is 112 Å². The zero-order chi connectivity index (χ0) is 27.6. The van der Waals surface area contributed by atoms with Gasteiger partial charge in [0.2, 0.25) is 0 Å². The van der Waals surface area contributed by atoms with Crippen molar-refractivity contribution in [2.75, 3.05) is 32.6 Å². The summed E-state index contributed by atoms with van der Waals surface area (Å²) in [7, 11) is 3.33. The second-order valence-electron chi connectivity index (χ2n) is 10.0. The van der Waals surface area contributed by atoms with Gasteiger partial charge >= 0.3 is 0 Å². The van der Waals surface area contributed by atoms with Crippen LogP contribution in [0.3, 0.4) is 0 Å². The highest BCUT2D eigenvalue weighted by atomic mass is 16.5. The number of hydrogen-bond donors (Lipinski definition) is 1. The fraction of sp³-hybridized carbons (Fsp3) is 0.212. The Morgan fingerprint density at radius 3 is 2.42 bits per heavy atom. The molecule has 0 aliphatic carbocycles. The summed E-state index contributed by atoms with van der Waals surface area (Å²) in [6.07, 6.45) is 1.87. The zero-order valence-electron chi connectivity index (χ0n) is 22.5. The van der Waals surface area contributed by atoms with Crippen molar-refractivity contribution >= 4 is 33.3 Å². The fourth-order valence-corrected chi connectivity index (χ4v) is 5.36. The van der Waals surface area contributed by atoms with Gasteiger partial charge in [0.1, 0.15) is 5.58 Å². The number of carbonyl (C=O) groups excluding carboxylic acids is 1. The summed E-state index contributed by atoms with van der Waals surface area (Å²) < 4.78 is 16.9. The zero-order valence-corrected chi connectivity index (χ0v) is 22.5. The van der Waals surface area contributed by atoms with Gasteiger partial charge in [0.25, 0.3) is 5.91 Å². The maximum absolute atomic E-state index is 13.0. The number of nitrogens with one attached hydrogen (secondary N) is 1. The Kier molecular flexibility index (Phi) is 6.97. The summed E-state index contributed by atoms with van der Waals surface area (Å²) in [5.41, 5.74) is 4.58. The van der Waals surface area contributed by atoms with Gasteiger partial charge in [-0.2, -0.15) is 0 Å². The Balaban J connectivity index is 1.11. The molecule has 0 saturated heterocycles. The van der Waals surface area contributed by atoms with Crippen LogP contribution >= 0.6 is 0 Å². The Hall–Kier alpha value is -4.62. The quantitative estimate of drug-likeness (QED) is 0.265. The molecule has 6 rings (SSSR count). The molecule has 202 valence electrons. The first-order chi connectivity index (χ1) is 19.5. The van der Waals surface area contributed by atoms with E-state index in [2.05, 4.69) is 22.3 Å². The van der Waals surface area contributed by atoms with Gasteiger partial charge in [-0.3, -0.25) is 14.5 Å². The van der Waals surface area contributed by atoms with E-state index in [1.54, 1.807) is 20.3 Å². The van der Waals surface area contributed by atoms with Crippen LogP contribution in [0.25, 0.3) is 21.7 Å². The number of carbonyl (C=O) groups is 1. The number of hydrogen-bond acceptors (Lipinski definition) is 6. The van der Waals surface area contributed by atoms with Crippen molar-refractivity contribution < 1.29 is 18.7 Å². The molecule has 1 aliphatic heterocycles. The lowest BCUT2D eigenvalue weighted by atomic mass is 9.98. The van der Waals surface area contributed by atoms with Crippen molar-refractivity contribution in [3.8, 4) is 11.5 Å². The third kappa shape index (κ3) is 5.03. The predicted molar refractivity (Wildman–Crippen MR) is 157 cm³/mol. The van der Waals surface area contributed by atoms with E-state index in [0.29, 0.717) is 16.7 Å². The molecule has 0 spiro atoms. The van der Waals surface area contributed by atoms with E-state index in [-0.39, 0.29) is 11.2 Å². The van der Waals surface area contributed by atoms with E-state index >= 15 is 0 Å². The van der Waals surface area contributed by atoms with Crippen LogP contribution in [-0.4, -0.2) is 38.1 Å². The molecule has 4 aromatic carbocycles. The molecular formula is C33H30N2O5. The third-order valence-electron chi connectivity index (χ3n) is 7.57. The number of methoxy groups -OCH3 is 2. The number of anilines is 1. The smallest absolute Gasteiger partial charge is 0.291 e. The number of ether oxygens (including phenoxy) is 2. The molecule has 0 fully saturated rings. The molecule has 2 heterocycles. The molecule has 0 unspecified atom stereocenters. The second kappa shape index (κ2) is 10.9. The topological polar surface area (TPSA) is 81.0 Å². The highest BCUT2D eigenvalue weighted by Crippen LogP contribution is 2.33. The second-order valence-corrected chi connectivity index (χ2v) is 10.0. The number of rotatable bonds is 7. The van der Waals surface area contributed by atoms with E-state index < -0.39 is 5.91 Å². The van der Waals surface area contributed by atoms with E-state index in [4.69, 9.17) is 13.9 Å². The van der Waals surface area contributed by atoms with Crippen LogP contribution in [-0.2, 0) is 19.4 Å². The van der Waals surface area contributed by atoms with Gasteiger partial charge in [0.05, 0.1) is 19.6 Å². The number of nitrogens with zero attached hydrogens (tertiary/aromatic N) is 1. The van der Waals surface area contributed by atoms with E-state index in [1.807, 2.05) is 54.6 Å². The number of benzene rings is 4. The normalized spacial score (nSPS) is 13.2. The van der Waals surface area contributed by atoms with Crippen LogP contribution in [0.1, 0.15) is 27.2 Å². The molecule has 0 saturated carbocycles. The Morgan fingerprint density at radius 2 is 1.65 bits per heavy atom. The van der Waals surface area contributed by atoms with Crippen molar-refractivity contribution in [1.29, 1.82) is 0 Å². The summed E-state index contributed by atoms with van der Waals surface area (Å²) in [5, 5.41) is 5.05. The summed E-state index contributed by atoms with van der Waals surface area (Å²) in [5.74, 6) is 1.06. The first kappa shape index (κ1) is 25.6. The Labute approximate surface area is 231 Å². The van der Waals surface area contributed by atoms with Gasteiger partial charge in [-0.1, -0.05) is 42.5 Å². The number of amides is 1. The van der Waals surface area contributed by atoms with Crippen LogP contribution in [0.15, 0.2) is 88.1 Å². The van der Waals surface area contributed by atoms with Gasteiger partial charge in [-0.05, 0) is 65.3 Å². The molecule has 0 radical (unpaired) electrons. The van der Waals surface area contributed by atoms with Gasteiger partial charge < -0.3 is 19.2 Å². The lowest BCUT2D eigenvalue weighted by Gasteiger charge is -2.29. The fourth-order valence-electron chi connectivity index (χ4n) is 5.36. The highest BCUT2D eigenvalue weighted by molar-refractivity contribution is 6.07. The lowest BCUT2D eigenvalue weighted by molar-refractivity contribution is 0.0997. The summed E-state index contributed by atoms with van der Waals surface area (Å²) in [6, 6.07) is 24.5. The maximum Gasteiger partial charge on any atom is 0.291 e. The molecule has 1 amide bonds. The molecule has 1 aliphatic rings. The van der Waals surface area contributed by atoms with Crippen molar-refractivity contribution in [2.45, 2.75) is 19.4 Å². The van der Waals surface area contributed by atoms with Gasteiger partial charge in [0.15, 0.2) is 22.7 Å². The summed E-state index contributed by atoms with van der Waals surface area (Å²) in [6.45, 7) is 2.79. The minimum atomic E-state index is -0.460. The van der Waals surface area contributed by atoms with Crippen molar-refractivity contribution in [3.63, 3.8) is 0 Å². The molecule has 7 nitrogen and oxygen atoms in total. The standard InChI is InChI=1S/C33H30N2O5/c1-38-29-17-23-14-16-35(20-24(23)18-30(29)39-2)15-13-21-7-10-25(11-8-21)34-33(37)31-19-28(36)27-12-9-22-5-3-4-6-26(22)32(27)40-31/h3-12,17-19H,13-16,20H2,1-2H3,(H,34,37). The minimum absolute atomic E-state index is 0.0161. The van der Waals surface area contributed by atoms with Gasteiger partial charge in [-0.25, -0.2) is 0 Å². The SMILES string of the molecule is COc1cc2c(cc1OC)CN(CCc1ccc(NC(=O)c3cc(=O)c4ccc5ccccc5c4o3)cc1)CC2. The molecule has 0 atom stereocenters. The van der Waals surface area contributed by atoms with Crippen molar-refractivity contribution in [1.82, 2.24) is 4.90 Å². The van der Waals surface area contributed by atoms with E-state index in [9.17, 15) is 9.59 Å². The van der Waals surface area contributed by atoms with E-state index in [1.165, 1.54) is 22.8 Å². The summed E-state index contributed by atoms with van der Waals surface area (Å²) >= 11 is 0. The lowest BCUT2D eigenvalue weighted by Crippen LogP contribution is -2.32. The van der Waals surface area contributed by atoms with Crippen molar-refractivity contribution in [2.24, 2.45) is 0 Å². The maximum atomic E-state index is 13.0. The monoisotopic (exact) mass is 534 g/mol. The van der Waals surface area contributed by atoms with Crippen LogP contribution in [0.2, 0.25) is 0 Å².